The Morgan fingerprint density at radius 2 is 1.29 bits per heavy atom. The summed E-state index contributed by atoms with van der Waals surface area (Å²) in [5.74, 6) is -0.796. The van der Waals surface area contributed by atoms with Crippen LogP contribution < -0.4 is 10.6 Å². The minimum atomic E-state index is -1.24. The van der Waals surface area contributed by atoms with Gasteiger partial charge in [-0.2, -0.15) is 0 Å². The Hall–Kier alpha value is -2.69. The van der Waals surface area contributed by atoms with Gasteiger partial charge in [0.2, 0.25) is 0 Å². The lowest BCUT2D eigenvalue weighted by Gasteiger charge is -2.28. The van der Waals surface area contributed by atoms with E-state index in [0.717, 1.165) is 0 Å². The highest BCUT2D eigenvalue weighted by molar-refractivity contribution is 5.95. The monoisotopic (exact) mass is 286 g/mol. The minimum Gasteiger partial charge on any atom is -0.351 e. The minimum absolute atomic E-state index is 0.341. The summed E-state index contributed by atoms with van der Waals surface area (Å²) in [7, 11) is 0. The van der Waals surface area contributed by atoms with Crippen molar-refractivity contribution >= 4 is 5.91 Å². The molecule has 2 N–H and O–H groups in total. The van der Waals surface area contributed by atoms with Crippen LogP contribution in [-0.2, 0) is 10.3 Å². The van der Waals surface area contributed by atoms with E-state index in [1.807, 2.05) is 0 Å². The van der Waals surface area contributed by atoms with Crippen LogP contribution in [0.1, 0.15) is 11.1 Å². The second-order valence-corrected chi connectivity index (χ2v) is 4.82. The molecule has 0 aliphatic carbocycles. The van der Waals surface area contributed by atoms with E-state index in [9.17, 15) is 13.6 Å². The molecule has 0 bridgehead atoms. The summed E-state index contributed by atoms with van der Waals surface area (Å²) in [5.41, 5.74) is -0.142. The van der Waals surface area contributed by atoms with Gasteiger partial charge in [-0.3, -0.25) is 4.79 Å². The zero-order valence-electron chi connectivity index (χ0n) is 11.0. The first-order chi connectivity index (χ1) is 10.0. The highest BCUT2D eigenvalue weighted by Gasteiger charge is 2.47. The molecule has 0 atom stereocenters. The van der Waals surface area contributed by atoms with E-state index >= 15 is 0 Å². The summed E-state index contributed by atoms with van der Waals surface area (Å²) in [6.07, 6.45) is 0. The van der Waals surface area contributed by atoms with E-state index in [1.54, 1.807) is 0 Å². The van der Waals surface area contributed by atoms with Crippen molar-refractivity contribution in [2.45, 2.75) is 5.54 Å². The van der Waals surface area contributed by atoms with E-state index < -0.39 is 17.2 Å². The molecule has 1 aliphatic heterocycles. The number of nitrogens with one attached hydrogen (secondary N) is 2. The maximum absolute atomic E-state index is 13.1. The third kappa shape index (κ3) is 2.07. The fraction of sp³-hybridized carbons (Fsp3) is 0.0625. The molecule has 3 nitrogen and oxygen atoms in total. The van der Waals surface area contributed by atoms with Gasteiger partial charge in [-0.05, 0) is 35.4 Å². The molecule has 0 unspecified atom stereocenters. The molecule has 106 valence electrons. The number of hydrogen-bond donors (Lipinski definition) is 2. The Morgan fingerprint density at radius 3 is 1.62 bits per heavy atom. The smallest absolute Gasteiger partial charge is 0.260 e. The number of hydrogen-bond acceptors (Lipinski definition) is 2. The van der Waals surface area contributed by atoms with Gasteiger partial charge in [-0.15, -0.1) is 0 Å². The average Bonchev–Trinajstić information content (AvgIpc) is 2.76. The van der Waals surface area contributed by atoms with Crippen molar-refractivity contribution in [2.75, 3.05) is 0 Å². The quantitative estimate of drug-likeness (QED) is 0.890. The van der Waals surface area contributed by atoms with E-state index in [4.69, 9.17) is 0 Å². The third-order valence-electron chi connectivity index (χ3n) is 3.50. The Kier molecular flexibility index (Phi) is 2.97. The molecule has 1 aliphatic rings. The summed E-state index contributed by atoms with van der Waals surface area (Å²) in [6, 6.07) is 11.2. The SMILES string of the molecule is C=C1NC(=O)C(c2ccc(F)cc2)(c2ccc(F)cc2)N1. The van der Waals surface area contributed by atoms with Gasteiger partial charge < -0.3 is 10.6 Å². The van der Waals surface area contributed by atoms with Crippen LogP contribution in [-0.4, -0.2) is 5.91 Å². The molecule has 2 aromatic rings. The van der Waals surface area contributed by atoms with Gasteiger partial charge in [0.15, 0.2) is 5.54 Å². The molecular weight excluding hydrogens is 274 g/mol. The van der Waals surface area contributed by atoms with E-state index in [1.165, 1.54) is 48.5 Å². The molecular formula is C16H12F2N2O. The predicted molar refractivity (Wildman–Crippen MR) is 74.0 cm³/mol. The third-order valence-corrected chi connectivity index (χ3v) is 3.50. The first kappa shape index (κ1) is 13.3. The largest absolute Gasteiger partial charge is 0.351 e. The summed E-state index contributed by atoms with van der Waals surface area (Å²) in [6.45, 7) is 3.69. The second-order valence-electron chi connectivity index (χ2n) is 4.82. The Labute approximate surface area is 120 Å². The van der Waals surface area contributed by atoms with Crippen LogP contribution in [0, 0.1) is 11.6 Å². The second kappa shape index (κ2) is 4.70. The van der Waals surface area contributed by atoms with Crippen LogP contribution in [0.5, 0.6) is 0 Å². The lowest BCUT2D eigenvalue weighted by atomic mass is 9.83. The first-order valence-electron chi connectivity index (χ1n) is 6.33. The van der Waals surface area contributed by atoms with Crippen molar-refractivity contribution in [3.63, 3.8) is 0 Å². The maximum atomic E-state index is 13.1. The van der Waals surface area contributed by atoms with E-state index in [-0.39, 0.29) is 5.91 Å². The van der Waals surface area contributed by atoms with Crippen LogP contribution in [0.3, 0.4) is 0 Å². The zero-order valence-corrected chi connectivity index (χ0v) is 11.0. The highest BCUT2D eigenvalue weighted by atomic mass is 19.1. The van der Waals surface area contributed by atoms with E-state index in [2.05, 4.69) is 17.2 Å². The molecule has 0 aromatic heterocycles. The van der Waals surface area contributed by atoms with Gasteiger partial charge in [-0.25, -0.2) is 8.78 Å². The molecule has 21 heavy (non-hydrogen) atoms. The molecule has 5 heteroatoms. The summed E-state index contributed by atoms with van der Waals surface area (Å²) in [5, 5.41) is 5.59. The Morgan fingerprint density at radius 1 is 0.857 bits per heavy atom. The topological polar surface area (TPSA) is 41.1 Å². The molecule has 1 heterocycles. The van der Waals surface area contributed by atoms with Gasteiger partial charge >= 0.3 is 0 Å². The maximum Gasteiger partial charge on any atom is 0.260 e. The van der Waals surface area contributed by atoms with Crippen LogP contribution >= 0.6 is 0 Å². The molecule has 1 saturated heterocycles. The Bertz CT molecular complexity index is 663. The molecule has 1 fully saturated rings. The van der Waals surface area contributed by atoms with Crippen molar-refractivity contribution in [3.05, 3.63) is 83.7 Å². The van der Waals surface area contributed by atoms with Crippen LogP contribution in [0.25, 0.3) is 0 Å². The predicted octanol–water partition coefficient (Wildman–Crippen LogP) is 2.40. The highest BCUT2D eigenvalue weighted by Crippen LogP contribution is 2.34. The van der Waals surface area contributed by atoms with Crippen LogP contribution in [0.2, 0.25) is 0 Å². The number of carbonyl (C=O) groups is 1. The fourth-order valence-electron chi connectivity index (χ4n) is 2.52. The van der Waals surface area contributed by atoms with Crippen molar-refractivity contribution in [1.82, 2.24) is 10.6 Å². The molecule has 2 aromatic carbocycles. The van der Waals surface area contributed by atoms with Gasteiger partial charge in [0.05, 0.1) is 5.82 Å². The molecule has 0 radical (unpaired) electrons. The molecule has 0 saturated carbocycles. The lowest BCUT2D eigenvalue weighted by molar-refractivity contribution is -0.123. The van der Waals surface area contributed by atoms with Gasteiger partial charge in [0.25, 0.3) is 5.91 Å². The van der Waals surface area contributed by atoms with Crippen molar-refractivity contribution < 1.29 is 13.6 Å². The molecule has 3 rings (SSSR count). The number of benzene rings is 2. The normalized spacial score (nSPS) is 16.5. The summed E-state index contributed by atoms with van der Waals surface area (Å²) < 4.78 is 26.3. The van der Waals surface area contributed by atoms with E-state index in [0.29, 0.717) is 16.9 Å². The lowest BCUT2D eigenvalue weighted by Crippen LogP contribution is -2.44. The number of amides is 1. The number of halogens is 2. The van der Waals surface area contributed by atoms with Crippen LogP contribution in [0.4, 0.5) is 8.78 Å². The molecule has 0 spiro atoms. The number of carbonyl (C=O) groups excluding carboxylic acids is 1. The van der Waals surface area contributed by atoms with Gasteiger partial charge in [0, 0.05) is 0 Å². The standard InChI is InChI=1S/C16H12F2N2O/c1-10-19-15(21)16(20-10,11-2-6-13(17)7-3-11)12-4-8-14(18)9-5-12/h2-9,20H,1H2,(H,19,21). The van der Waals surface area contributed by atoms with Crippen molar-refractivity contribution in [2.24, 2.45) is 0 Å². The number of rotatable bonds is 2. The fourth-order valence-corrected chi connectivity index (χ4v) is 2.52. The zero-order chi connectivity index (χ0) is 15.0. The van der Waals surface area contributed by atoms with Crippen LogP contribution in [0.15, 0.2) is 60.9 Å². The van der Waals surface area contributed by atoms with Gasteiger partial charge in [-0.1, -0.05) is 30.8 Å². The summed E-state index contributed by atoms with van der Waals surface area (Å²) >= 11 is 0. The van der Waals surface area contributed by atoms with Crippen molar-refractivity contribution in [1.29, 1.82) is 0 Å². The Balaban J connectivity index is 2.20. The van der Waals surface area contributed by atoms with Gasteiger partial charge in [0.1, 0.15) is 11.6 Å². The first-order valence-corrected chi connectivity index (χ1v) is 6.33. The molecule has 1 amide bonds. The van der Waals surface area contributed by atoms with Crippen molar-refractivity contribution in [3.8, 4) is 0 Å². The summed E-state index contributed by atoms with van der Waals surface area (Å²) in [4.78, 5) is 12.5. The average molecular weight is 286 g/mol.